The van der Waals surface area contributed by atoms with Gasteiger partial charge in [-0.3, -0.25) is 4.79 Å². The normalized spacial score (nSPS) is 23.8. The fraction of sp³-hybridized carbons (Fsp3) is 0.533. The number of rotatable bonds is 1. The maximum atomic E-state index is 11.9. The number of benzene rings is 1. The van der Waals surface area contributed by atoms with Crippen LogP contribution in [0.2, 0.25) is 0 Å². The molecule has 3 nitrogen and oxygen atoms in total. The van der Waals surface area contributed by atoms with Crippen LogP contribution in [0.3, 0.4) is 0 Å². The topological polar surface area (TPSA) is 40.5 Å². The van der Waals surface area contributed by atoms with E-state index in [2.05, 4.69) is 0 Å². The van der Waals surface area contributed by atoms with Crippen molar-refractivity contribution in [3.8, 4) is 5.75 Å². The molecule has 0 radical (unpaired) electrons. The molecule has 1 aliphatic heterocycles. The lowest BCUT2D eigenvalue weighted by molar-refractivity contribution is -0.117. The van der Waals surface area contributed by atoms with Crippen molar-refractivity contribution in [1.29, 1.82) is 0 Å². The fourth-order valence-corrected chi connectivity index (χ4v) is 3.77. The summed E-state index contributed by atoms with van der Waals surface area (Å²) in [5, 5.41) is 10.1. The molecule has 94 valence electrons. The molecular formula is C15H17NO2. The van der Waals surface area contributed by atoms with Crippen molar-refractivity contribution in [3.63, 3.8) is 0 Å². The van der Waals surface area contributed by atoms with Crippen LogP contribution in [0.4, 0.5) is 5.69 Å². The number of phenolic OH excluding ortho intramolecular Hbond substituents is 1. The SMILES string of the molecule is O=C1CCCN1c1ccc(O)c2c1CCC21CC1. The lowest BCUT2D eigenvalue weighted by Crippen LogP contribution is -2.25. The molecule has 1 aromatic carbocycles. The Hall–Kier alpha value is -1.51. The molecule has 0 bridgehead atoms. The Bertz CT molecular complexity index is 546. The first kappa shape index (κ1) is 10.4. The van der Waals surface area contributed by atoms with E-state index in [-0.39, 0.29) is 11.3 Å². The van der Waals surface area contributed by atoms with E-state index in [9.17, 15) is 9.90 Å². The molecular weight excluding hydrogens is 226 g/mol. The van der Waals surface area contributed by atoms with Gasteiger partial charge in [0.2, 0.25) is 5.91 Å². The van der Waals surface area contributed by atoms with Crippen LogP contribution in [0.25, 0.3) is 0 Å². The zero-order valence-electron chi connectivity index (χ0n) is 10.4. The van der Waals surface area contributed by atoms with Crippen LogP contribution in [0.5, 0.6) is 5.75 Å². The number of carbonyl (C=O) groups excluding carboxylic acids is 1. The molecule has 1 N–H and O–H groups in total. The van der Waals surface area contributed by atoms with Gasteiger partial charge in [-0.15, -0.1) is 0 Å². The maximum absolute atomic E-state index is 11.9. The molecule has 0 unspecified atom stereocenters. The van der Waals surface area contributed by atoms with Gasteiger partial charge in [-0.2, -0.15) is 0 Å². The highest BCUT2D eigenvalue weighted by Crippen LogP contribution is 2.60. The van der Waals surface area contributed by atoms with Gasteiger partial charge in [0.05, 0.1) is 0 Å². The van der Waals surface area contributed by atoms with Gasteiger partial charge < -0.3 is 10.0 Å². The minimum absolute atomic E-state index is 0.236. The van der Waals surface area contributed by atoms with E-state index in [4.69, 9.17) is 0 Å². The quantitative estimate of drug-likeness (QED) is 0.823. The van der Waals surface area contributed by atoms with E-state index in [0.717, 1.165) is 37.1 Å². The molecule has 2 fully saturated rings. The zero-order chi connectivity index (χ0) is 12.3. The molecule has 18 heavy (non-hydrogen) atoms. The highest BCUT2D eigenvalue weighted by atomic mass is 16.3. The Morgan fingerprint density at radius 1 is 1.17 bits per heavy atom. The van der Waals surface area contributed by atoms with E-state index in [1.54, 1.807) is 6.07 Å². The first-order valence-corrected chi connectivity index (χ1v) is 6.87. The van der Waals surface area contributed by atoms with Crippen molar-refractivity contribution in [1.82, 2.24) is 0 Å². The second kappa shape index (κ2) is 3.28. The van der Waals surface area contributed by atoms with E-state index < -0.39 is 0 Å². The minimum Gasteiger partial charge on any atom is -0.508 e. The number of hydrogen-bond donors (Lipinski definition) is 1. The summed E-state index contributed by atoms with van der Waals surface area (Å²) in [4.78, 5) is 13.8. The number of phenols is 1. The number of anilines is 1. The lowest BCUT2D eigenvalue weighted by Gasteiger charge is -2.21. The highest BCUT2D eigenvalue weighted by Gasteiger charge is 2.51. The second-order valence-electron chi connectivity index (χ2n) is 5.89. The van der Waals surface area contributed by atoms with E-state index in [0.29, 0.717) is 12.2 Å². The maximum Gasteiger partial charge on any atom is 0.227 e. The molecule has 1 amide bonds. The molecule has 2 aliphatic carbocycles. The number of aromatic hydroxyl groups is 1. The Morgan fingerprint density at radius 2 is 2.00 bits per heavy atom. The van der Waals surface area contributed by atoms with Gasteiger partial charge in [0.25, 0.3) is 0 Å². The summed E-state index contributed by atoms with van der Waals surface area (Å²) in [5.41, 5.74) is 3.72. The number of amides is 1. The third-order valence-electron chi connectivity index (χ3n) is 4.87. The van der Waals surface area contributed by atoms with Crippen LogP contribution in [0, 0.1) is 0 Å². The molecule has 1 saturated carbocycles. The fourth-order valence-electron chi connectivity index (χ4n) is 3.77. The second-order valence-corrected chi connectivity index (χ2v) is 5.89. The molecule has 4 rings (SSSR count). The summed E-state index contributed by atoms with van der Waals surface area (Å²) in [6, 6.07) is 3.71. The van der Waals surface area contributed by atoms with Crippen LogP contribution >= 0.6 is 0 Å². The van der Waals surface area contributed by atoms with Gasteiger partial charge >= 0.3 is 0 Å². The van der Waals surface area contributed by atoms with Crippen LogP contribution in [-0.4, -0.2) is 17.6 Å². The van der Waals surface area contributed by atoms with Crippen LogP contribution in [0.1, 0.15) is 43.2 Å². The summed E-state index contributed by atoms with van der Waals surface area (Å²) in [7, 11) is 0. The summed E-state index contributed by atoms with van der Waals surface area (Å²) in [6.45, 7) is 0.836. The average Bonchev–Trinajstić information content (AvgIpc) is 2.83. The Balaban J connectivity index is 1.86. The van der Waals surface area contributed by atoms with Gasteiger partial charge in [0.1, 0.15) is 5.75 Å². The summed E-state index contributed by atoms with van der Waals surface area (Å²) < 4.78 is 0. The molecule has 1 heterocycles. The molecule has 1 saturated heterocycles. The van der Waals surface area contributed by atoms with Gasteiger partial charge in [-0.1, -0.05) is 0 Å². The molecule has 0 aromatic heterocycles. The van der Waals surface area contributed by atoms with E-state index >= 15 is 0 Å². The van der Waals surface area contributed by atoms with Crippen molar-refractivity contribution in [2.45, 2.75) is 43.9 Å². The van der Waals surface area contributed by atoms with E-state index in [1.165, 1.54) is 18.4 Å². The third kappa shape index (κ3) is 1.22. The van der Waals surface area contributed by atoms with Crippen LogP contribution < -0.4 is 4.90 Å². The van der Waals surface area contributed by atoms with Gasteiger partial charge in [-0.05, 0) is 55.2 Å². The predicted octanol–water partition coefficient (Wildman–Crippen LogP) is 2.50. The van der Waals surface area contributed by atoms with Gasteiger partial charge in [0.15, 0.2) is 0 Å². The monoisotopic (exact) mass is 243 g/mol. The average molecular weight is 243 g/mol. The number of nitrogens with zero attached hydrogens (tertiary/aromatic N) is 1. The van der Waals surface area contributed by atoms with E-state index in [1.807, 2.05) is 11.0 Å². The summed E-state index contributed by atoms with van der Waals surface area (Å²) >= 11 is 0. The molecule has 1 spiro atoms. The van der Waals surface area contributed by atoms with Crippen molar-refractivity contribution in [2.75, 3.05) is 11.4 Å². The van der Waals surface area contributed by atoms with Crippen molar-refractivity contribution in [2.24, 2.45) is 0 Å². The van der Waals surface area contributed by atoms with Gasteiger partial charge in [0, 0.05) is 24.2 Å². The molecule has 1 aromatic rings. The zero-order valence-corrected chi connectivity index (χ0v) is 10.4. The smallest absolute Gasteiger partial charge is 0.227 e. The number of hydrogen-bond acceptors (Lipinski definition) is 2. The first-order chi connectivity index (χ1) is 8.71. The number of fused-ring (bicyclic) bond motifs is 2. The third-order valence-corrected chi connectivity index (χ3v) is 4.87. The van der Waals surface area contributed by atoms with Crippen molar-refractivity contribution in [3.05, 3.63) is 23.3 Å². The predicted molar refractivity (Wildman–Crippen MR) is 68.9 cm³/mol. The molecule has 3 aliphatic rings. The number of carbonyl (C=O) groups is 1. The Kier molecular flexibility index (Phi) is 1.90. The highest BCUT2D eigenvalue weighted by molar-refractivity contribution is 5.96. The first-order valence-electron chi connectivity index (χ1n) is 6.87. The van der Waals surface area contributed by atoms with Crippen LogP contribution in [-0.2, 0) is 16.6 Å². The molecule has 3 heteroatoms. The van der Waals surface area contributed by atoms with Crippen LogP contribution in [0.15, 0.2) is 12.1 Å². The largest absolute Gasteiger partial charge is 0.508 e. The summed E-state index contributed by atoms with van der Waals surface area (Å²) in [5.74, 6) is 0.676. The minimum atomic E-state index is 0.236. The standard InChI is InChI=1S/C15H17NO2/c17-12-4-3-11(16-9-1-2-13(16)18)10-5-6-15(7-8-15)14(10)12/h3-4,17H,1-2,5-9H2. The Labute approximate surface area is 106 Å². The van der Waals surface area contributed by atoms with Gasteiger partial charge in [-0.25, -0.2) is 0 Å². The van der Waals surface area contributed by atoms with Crippen molar-refractivity contribution >= 4 is 11.6 Å². The van der Waals surface area contributed by atoms with Crippen molar-refractivity contribution < 1.29 is 9.90 Å². The lowest BCUT2D eigenvalue weighted by atomic mass is 9.96. The summed E-state index contributed by atoms with van der Waals surface area (Å²) in [6.07, 6.45) is 6.19. The Morgan fingerprint density at radius 3 is 2.67 bits per heavy atom. The molecule has 0 atom stereocenters.